The van der Waals surface area contributed by atoms with Crippen LogP contribution in [-0.4, -0.2) is 9.78 Å². The van der Waals surface area contributed by atoms with Gasteiger partial charge >= 0.3 is 0 Å². The molecular formula is C15H19N3. The molecule has 0 bridgehead atoms. The van der Waals surface area contributed by atoms with Crippen LogP contribution in [0.5, 0.6) is 0 Å². The Kier molecular flexibility index (Phi) is 3.15. The Morgan fingerprint density at radius 3 is 3.06 bits per heavy atom. The van der Waals surface area contributed by atoms with Crippen LogP contribution in [0.15, 0.2) is 36.5 Å². The molecule has 1 aromatic heterocycles. The number of rotatable bonds is 3. The normalized spacial score (nSPS) is 18.6. The third-order valence-electron chi connectivity index (χ3n) is 3.82. The molecule has 18 heavy (non-hydrogen) atoms. The molecule has 0 radical (unpaired) electrons. The summed E-state index contributed by atoms with van der Waals surface area (Å²) in [6, 6.07) is 11.4. The Balaban J connectivity index is 1.73. The predicted molar refractivity (Wildman–Crippen MR) is 72.2 cm³/mol. The van der Waals surface area contributed by atoms with E-state index in [0.29, 0.717) is 6.04 Å². The van der Waals surface area contributed by atoms with Crippen molar-refractivity contribution in [2.45, 2.75) is 31.8 Å². The van der Waals surface area contributed by atoms with E-state index in [1.54, 1.807) is 0 Å². The largest absolute Gasteiger partial charge is 0.304 e. The van der Waals surface area contributed by atoms with Crippen molar-refractivity contribution in [1.82, 2.24) is 15.1 Å². The maximum Gasteiger partial charge on any atom is 0.0518 e. The molecule has 3 rings (SSSR count). The molecule has 0 amide bonds. The van der Waals surface area contributed by atoms with Crippen LogP contribution in [0.4, 0.5) is 0 Å². The van der Waals surface area contributed by atoms with Gasteiger partial charge in [-0.1, -0.05) is 24.3 Å². The van der Waals surface area contributed by atoms with Crippen molar-refractivity contribution < 1.29 is 0 Å². The van der Waals surface area contributed by atoms with Gasteiger partial charge in [-0.2, -0.15) is 5.10 Å². The van der Waals surface area contributed by atoms with E-state index in [4.69, 9.17) is 0 Å². The van der Waals surface area contributed by atoms with Crippen molar-refractivity contribution in [3.05, 3.63) is 53.3 Å². The first kappa shape index (κ1) is 11.5. The van der Waals surface area contributed by atoms with Crippen molar-refractivity contribution >= 4 is 0 Å². The molecule has 2 aromatic rings. The smallest absolute Gasteiger partial charge is 0.0518 e. The van der Waals surface area contributed by atoms with Crippen molar-refractivity contribution in [1.29, 1.82) is 0 Å². The lowest BCUT2D eigenvalue weighted by molar-refractivity contribution is 0.450. The van der Waals surface area contributed by atoms with Gasteiger partial charge in [0.1, 0.15) is 0 Å². The van der Waals surface area contributed by atoms with Gasteiger partial charge in [-0.25, -0.2) is 0 Å². The Hall–Kier alpha value is -1.61. The molecule has 1 atom stereocenters. The van der Waals surface area contributed by atoms with Crippen LogP contribution in [0.1, 0.15) is 35.7 Å². The molecule has 1 heterocycles. The average molecular weight is 241 g/mol. The molecular weight excluding hydrogens is 222 g/mol. The molecule has 1 N–H and O–H groups in total. The maximum absolute atomic E-state index is 4.20. The van der Waals surface area contributed by atoms with Crippen LogP contribution in [0.25, 0.3) is 0 Å². The molecule has 0 aliphatic heterocycles. The SMILES string of the molecule is Cn1nccc1CNC1CCCc2ccccc21. The fraction of sp³-hybridized carbons (Fsp3) is 0.400. The predicted octanol–water partition coefficient (Wildman–Crippen LogP) is 2.59. The number of nitrogens with one attached hydrogen (secondary N) is 1. The van der Waals surface area contributed by atoms with Gasteiger partial charge in [-0.05, 0) is 36.5 Å². The second kappa shape index (κ2) is 4.94. The van der Waals surface area contributed by atoms with Crippen molar-refractivity contribution in [2.24, 2.45) is 7.05 Å². The number of hydrogen-bond donors (Lipinski definition) is 1. The summed E-state index contributed by atoms with van der Waals surface area (Å²) >= 11 is 0. The minimum absolute atomic E-state index is 0.491. The first-order valence-electron chi connectivity index (χ1n) is 6.62. The highest BCUT2D eigenvalue weighted by atomic mass is 15.3. The van der Waals surface area contributed by atoms with Crippen LogP contribution in [0.2, 0.25) is 0 Å². The molecule has 1 aliphatic rings. The topological polar surface area (TPSA) is 29.9 Å². The summed E-state index contributed by atoms with van der Waals surface area (Å²) in [6.45, 7) is 0.884. The highest BCUT2D eigenvalue weighted by molar-refractivity contribution is 5.32. The van der Waals surface area contributed by atoms with Crippen LogP contribution in [0.3, 0.4) is 0 Å². The summed E-state index contributed by atoms with van der Waals surface area (Å²) < 4.78 is 1.93. The summed E-state index contributed by atoms with van der Waals surface area (Å²) in [5.41, 5.74) is 4.22. The highest BCUT2D eigenvalue weighted by Crippen LogP contribution is 2.29. The number of aryl methyl sites for hydroxylation is 2. The third kappa shape index (κ3) is 2.18. The quantitative estimate of drug-likeness (QED) is 0.895. The highest BCUT2D eigenvalue weighted by Gasteiger charge is 2.19. The summed E-state index contributed by atoms with van der Waals surface area (Å²) in [5.74, 6) is 0. The lowest BCUT2D eigenvalue weighted by atomic mass is 9.88. The fourth-order valence-electron chi connectivity index (χ4n) is 2.77. The molecule has 3 nitrogen and oxygen atoms in total. The minimum Gasteiger partial charge on any atom is -0.304 e. The Labute approximate surface area is 108 Å². The zero-order valence-corrected chi connectivity index (χ0v) is 10.8. The molecule has 1 aromatic carbocycles. The van der Waals surface area contributed by atoms with E-state index in [1.807, 2.05) is 17.9 Å². The van der Waals surface area contributed by atoms with E-state index < -0.39 is 0 Å². The first-order chi connectivity index (χ1) is 8.84. The molecule has 1 aliphatic carbocycles. The fourth-order valence-corrected chi connectivity index (χ4v) is 2.77. The Morgan fingerprint density at radius 2 is 2.22 bits per heavy atom. The van der Waals surface area contributed by atoms with Crippen LogP contribution < -0.4 is 5.32 Å². The molecule has 0 saturated heterocycles. The van der Waals surface area contributed by atoms with Gasteiger partial charge in [0, 0.05) is 25.8 Å². The number of fused-ring (bicyclic) bond motifs is 1. The zero-order chi connectivity index (χ0) is 12.4. The monoisotopic (exact) mass is 241 g/mol. The minimum atomic E-state index is 0.491. The number of benzene rings is 1. The molecule has 94 valence electrons. The van der Waals surface area contributed by atoms with Gasteiger partial charge in [0.2, 0.25) is 0 Å². The average Bonchev–Trinajstić information content (AvgIpc) is 2.82. The van der Waals surface area contributed by atoms with E-state index in [-0.39, 0.29) is 0 Å². The van der Waals surface area contributed by atoms with Crippen LogP contribution >= 0.6 is 0 Å². The lowest BCUT2D eigenvalue weighted by Gasteiger charge is -2.26. The maximum atomic E-state index is 4.20. The summed E-state index contributed by atoms with van der Waals surface area (Å²) in [4.78, 5) is 0. The Bertz CT molecular complexity index is 530. The van der Waals surface area contributed by atoms with Gasteiger partial charge in [0.25, 0.3) is 0 Å². The molecule has 3 heteroatoms. The standard InChI is InChI=1S/C15H19N3/c1-18-13(9-10-17-18)11-16-15-8-4-6-12-5-2-3-7-14(12)15/h2-3,5,7,9-10,15-16H,4,6,8,11H2,1H3. The van der Waals surface area contributed by atoms with Gasteiger partial charge in [-0.15, -0.1) is 0 Å². The van der Waals surface area contributed by atoms with Gasteiger partial charge < -0.3 is 5.32 Å². The van der Waals surface area contributed by atoms with E-state index in [0.717, 1.165) is 6.54 Å². The first-order valence-corrected chi connectivity index (χ1v) is 6.62. The summed E-state index contributed by atoms with van der Waals surface area (Å²) in [5, 5.41) is 7.86. The van der Waals surface area contributed by atoms with E-state index in [2.05, 4.69) is 40.7 Å². The molecule has 1 unspecified atom stereocenters. The van der Waals surface area contributed by atoms with Gasteiger partial charge in [-0.3, -0.25) is 4.68 Å². The van der Waals surface area contributed by atoms with Crippen LogP contribution in [0, 0.1) is 0 Å². The second-order valence-electron chi connectivity index (χ2n) is 4.97. The Morgan fingerprint density at radius 1 is 1.33 bits per heavy atom. The van der Waals surface area contributed by atoms with E-state index in [9.17, 15) is 0 Å². The van der Waals surface area contributed by atoms with Gasteiger partial charge in [0.05, 0.1) is 5.69 Å². The molecule has 0 spiro atoms. The lowest BCUT2D eigenvalue weighted by Crippen LogP contribution is -2.25. The number of aromatic nitrogens is 2. The number of nitrogens with zero attached hydrogens (tertiary/aromatic N) is 2. The molecule has 0 fully saturated rings. The third-order valence-corrected chi connectivity index (χ3v) is 3.82. The second-order valence-corrected chi connectivity index (χ2v) is 4.97. The van der Waals surface area contributed by atoms with E-state index in [1.165, 1.54) is 36.1 Å². The zero-order valence-electron chi connectivity index (χ0n) is 10.8. The van der Waals surface area contributed by atoms with E-state index >= 15 is 0 Å². The van der Waals surface area contributed by atoms with Gasteiger partial charge in [0.15, 0.2) is 0 Å². The summed E-state index contributed by atoms with van der Waals surface area (Å²) in [7, 11) is 1.99. The van der Waals surface area contributed by atoms with Crippen molar-refractivity contribution in [3.63, 3.8) is 0 Å². The van der Waals surface area contributed by atoms with Crippen molar-refractivity contribution in [2.75, 3.05) is 0 Å². The number of hydrogen-bond acceptors (Lipinski definition) is 2. The summed E-state index contributed by atoms with van der Waals surface area (Å²) in [6.07, 6.45) is 5.58. The van der Waals surface area contributed by atoms with Crippen LogP contribution in [-0.2, 0) is 20.0 Å². The van der Waals surface area contributed by atoms with Crippen molar-refractivity contribution in [3.8, 4) is 0 Å². The molecule has 0 saturated carbocycles.